The van der Waals surface area contributed by atoms with Crippen LogP contribution in [0.15, 0.2) is 48.9 Å². The molecule has 0 aliphatic carbocycles. The minimum Gasteiger partial charge on any atom is -0.347 e. The number of hydrogen-bond acceptors (Lipinski definition) is 4. The van der Waals surface area contributed by atoms with Gasteiger partial charge < -0.3 is 5.32 Å². The summed E-state index contributed by atoms with van der Waals surface area (Å²) in [5.41, 5.74) is 1.81. The van der Waals surface area contributed by atoms with Crippen molar-refractivity contribution >= 4 is 5.91 Å². The number of aromatic nitrogens is 2. The molecule has 3 rings (SSSR count). The van der Waals surface area contributed by atoms with Crippen LogP contribution in [0.25, 0.3) is 0 Å². The van der Waals surface area contributed by atoms with E-state index in [1.807, 2.05) is 57.6 Å². The van der Waals surface area contributed by atoms with Crippen molar-refractivity contribution in [3.63, 3.8) is 0 Å². The van der Waals surface area contributed by atoms with Gasteiger partial charge in [-0.1, -0.05) is 26.8 Å². The van der Waals surface area contributed by atoms with Gasteiger partial charge in [0, 0.05) is 37.1 Å². The first-order valence-electron chi connectivity index (χ1n) is 9.76. The van der Waals surface area contributed by atoms with Crippen LogP contribution >= 0.6 is 0 Å². The molecular weight excluding hydrogens is 336 g/mol. The van der Waals surface area contributed by atoms with Gasteiger partial charge in [0.25, 0.3) is 0 Å². The molecule has 0 bridgehead atoms. The fourth-order valence-electron chi connectivity index (χ4n) is 3.60. The first-order valence-corrected chi connectivity index (χ1v) is 9.76. The maximum atomic E-state index is 12.7. The van der Waals surface area contributed by atoms with Crippen LogP contribution in [0.4, 0.5) is 0 Å². The van der Waals surface area contributed by atoms with Crippen molar-refractivity contribution in [1.82, 2.24) is 20.2 Å². The van der Waals surface area contributed by atoms with E-state index in [0.717, 1.165) is 38.2 Å². The summed E-state index contributed by atoms with van der Waals surface area (Å²) in [5, 5.41) is 3.29. The lowest BCUT2D eigenvalue weighted by atomic mass is 9.86. The van der Waals surface area contributed by atoms with Gasteiger partial charge >= 0.3 is 0 Å². The number of amides is 1. The second kappa shape index (κ2) is 8.61. The van der Waals surface area contributed by atoms with Crippen molar-refractivity contribution in [3.8, 4) is 0 Å². The Kier molecular flexibility index (Phi) is 6.22. The maximum absolute atomic E-state index is 12.7. The summed E-state index contributed by atoms with van der Waals surface area (Å²) in [5.74, 6) is 0.422. The monoisotopic (exact) mass is 366 g/mol. The number of likely N-dealkylation sites (tertiary alicyclic amines) is 1. The molecule has 0 aromatic carbocycles. The van der Waals surface area contributed by atoms with E-state index in [1.54, 1.807) is 0 Å². The molecule has 144 valence electrons. The molecule has 0 saturated carbocycles. The molecule has 27 heavy (non-hydrogen) atoms. The minimum absolute atomic E-state index is 0.0573. The molecule has 5 nitrogen and oxygen atoms in total. The summed E-state index contributed by atoms with van der Waals surface area (Å²) in [7, 11) is 0. The molecule has 1 N–H and O–H groups in total. The average Bonchev–Trinajstić information content (AvgIpc) is 2.67. The summed E-state index contributed by atoms with van der Waals surface area (Å²) in [4.78, 5) is 23.8. The smallest absolute Gasteiger partial charge is 0.225 e. The molecule has 0 unspecified atom stereocenters. The summed E-state index contributed by atoms with van der Waals surface area (Å²) in [6, 6.07) is 10.0. The molecule has 1 aliphatic rings. The van der Waals surface area contributed by atoms with Crippen molar-refractivity contribution < 1.29 is 4.79 Å². The van der Waals surface area contributed by atoms with Crippen LogP contribution in [-0.2, 0) is 11.3 Å². The first kappa shape index (κ1) is 19.5. The van der Waals surface area contributed by atoms with Gasteiger partial charge in [-0.05, 0) is 55.1 Å². The van der Waals surface area contributed by atoms with E-state index >= 15 is 0 Å². The summed E-state index contributed by atoms with van der Waals surface area (Å²) in [6.07, 6.45) is 7.72. The number of rotatable bonds is 5. The lowest BCUT2D eigenvalue weighted by Crippen LogP contribution is -2.45. The van der Waals surface area contributed by atoms with Gasteiger partial charge in [-0.25, -0.2) is 0 Å². The van der Waals surface area contributed by atoms with Crippen LogP contribution in [0.1, 0.15) is 50.9 Å². The van der Waals surface area contributed by atoms with Crippen molar-refractivity contribution in [1.29, 1.82) is 0 Å². The molecule has 2 aromatic rings. The molecule has 1 amide bonds. The van der Waals surface area contributed by atoms with Gasteiger partial charge in [-0.3, -0.25) is 19.7 Å². The number of hydrogen-bond donors (Lipinski definition) is 1. The van der Waals surface area contributed by atoms with E-state index in [4.69, 9.17) is 0 Å². The predicted molar refractivity (Wildman–Crippen MR) is 107 cm³/mol. The van der Waals surface area contributed by atoms with Crippen molar-refractivity contribution in [3.05, 3.63) is 60.2 Å². The van der Waals surface area contributed by atoms with Gasteiger partial charge in [-0.2, -0.15) is 0 Å². The Bertz CT molecular complexity index is 727. The highest BCUT2D eigenvalue weighted by molar-refractivity contribution is 5.81. The fraction of sp³-hybridized carbons (Fsp3) is 0.500. The zero-order valence-electron chi connectivity index (χ0n) is 16.6. The Hall–Kier alpha value is -2.27. The van der Waals surface area contributed by atoms with Crippen LogP contribution in [0.2, 0.25) is 0 Å². The molecular formula is C22H30N4O. The molecule has 2 aromatic heterocycles. The third-order valence-electron chi connectivity index (χ3n) is 5.14. The van der Waals surface area contributed by atoms with Crippen LogP contribution in [0.3, 0.4) is 0 Å². The highest BCUT2D eigenvalue weighted by Gasteiger charge is 2.33. The van der Waals surface area contributed by atoms with Gasteiger partial charge in [0.05, 0.1) is 11.7 Å². The quantitative estimate of drug-likeness (QED) is 0.878. The van der Waals surface area contributed by atoms with Gasteiger partial charge in [0.15, 0.2) is 0 Å². The highest BCUT2D eigenvalue weighted by Crippen LogP contribution is 2.30. The predicted octanol–water partition coefficient (Wildman–Crippen LogP) is 3.59. The first-order chi connectivity index (χ1) is 12.9. The number of carbonyl (C=O) groups excluding carboxylic acids is 1. The third-order valence-corrected chi connectivity index (χ3v) is 5.14. The topological polar surface area (TPSA) is 58.1 Å². The highest BCUT2D eigenvalue weighted by atomic mass is 16.2. The standard InChI is InChI=1S/C22H30N4O/c1-22(2,3)21(27)25-20(19-8-4-5-11-24-19)18-7-6-14-26(16-18)15-17-9-12-23-13-10-17/h4-5,8-13,18,20H,6-7,14-16H2,1-3H3,(H,25,27)/t18-,20+/m1/s1. The third kappa shape index (κ3) is 5.36. The number of nitrogens with zero attached hydrogens (tertiary/aromatic N) is 3. The Balaban J connectivity index is 1.76. The lowest BCUT2D eigenvalue weighted by molar-refractivity contribution is -0.130. The molecule has 1 fully saturated rings. The maximum Gasteiger partial charge on any atom is 0.225 e. The Morgan fingerprint density at radius 2 is 2.00 bits per heavy atom. The molecule has 1 aliphatic heterocycles. The Morgan fingerprint density at radius 3 is 2.67 bits per heavy atom. The minimum atomic E-state index is -0.418. The molecule has 3 heterocycles. The Morgan fingerprint density at radius 1 is 1.22 bits per heavy atom. The van der Waals surface area contributed by atoms with Crippen molar-refractivity contribution in [2.24, 2.45) is 11.3 Å². The summed E-state index contributed by atoms with van der Waals surface area (Å²) < 4.78 is 0. The van der Waals surface area contributed by atoms with Gasteiger partial charge in [0.2, 0.25) is 5.91 Å². The van der Waals surface area contributed by atoms with E-state index in [2.05, 4.69) is 32.3 Å². The number of piperidine rings is 1. The summed E-state index contributed by atoms with van der Waals surface area (Å²) in [6.45, 7) is 8.81. The van der Waals surface area contributed by atoms with Crippen LogP contribution < -0.4 is 5.32 Å². The van der Waals surface area contributed by atoms with E-state index < -0.39 is 5.41 Å². The second-order valence-corrected chi connectivity index (χ2v) is 8.45. The molecule has 2 atom stereocenters. The van der Waals surface area contributed by atoms with E-state index in [0.29, 0.717) is 5.92 Å². The van der Waals surface area contributed by atoms with Crippen LogP contribution in [0.5, 0.6) is 0 Å². The normalized spacial score (nSPS) is 19.4. The molecule has 1 saturated heterocycles. The van der Waals surface area contributed by atoms with E-state index in [9.17, 15) is 4.79 Å². The number of carbonyl (C=O) groups is 1. The lowest BCUT2D eigenvalue weighted by Gasteiger charge is -2.38. The van der Waals surface area contributed by atoms with Crippen LogP contribution in [0, 0.1) is 11.3 Å². The van der Waals surface area contributed by atoms with Crippen LogP contribution in [-0.4, -0.2) is 33.9 Å². The fourth-order valence-corrected chi connectivity index (χ4v) is 3.60. The average molecular weight is 367 g/mol. The van der Waals surface area contributed by atoms with E-state index in [1.165, 1.54) is 5.56 Å². The van der Waals surface area contributed by atoms with Gasteiger partial charge in [0.1, 0.15) is 0 Å². The largest absolute Gasteiger partial charge is 0.347 e. The number of nitrogens with one attached hydrogen (secondary N) is 1. The Labute approximate surface area is 162 Å². The molecule has 0 spiro atoms. The molecule has 5 heteroatoms. The SMILES string of the molecule is CC(C)(C)C(=O)N[C@H](c1ccccn1)[C@@H]1CCCN(Cc2ccncc2)C1. The van der Waals surface area contributed by atoms with Crippen molar-refractivity contribution in [2.45, 2.75) is 46.2 Å². The second-order valence-electron chi connectivity index (χ2n) is 8.45. The zero-order valence-corrected chi connectivity index (χ0v) is 16.6. The van der Waals surface area contributed by atoms with Gasteiger partial charge in [-0.15, -0.1) is 0 Å². The molecule has 0 radical (unpaired) electrons. The van der Waals surface area contributed by atoms with Crippen molar-refractivity contribution in [2.75, 3.05) is 13.1 Å². The summed E-state index contributed by atoms with van der Waals surface area (Å²) >= 11 is 0. The number of pyridine rings is 2. The van der Waals surface area contributed by atoms with E-state index in [-0.39, 0.29) is 11.9 Å². The zero-order chi connectivity index (χ0) is 19.3.